The molecule has 1 aliphatic rings. The van der Waals surface area contributed by atoms with Crippen LogP contribution in [0, 0.1) is 0 Å². The van der Waals surface area contributed by atoms with Gasteiger partial charge in [-0.1, -0.05) is 12.1 Å². The summed E-state index contributed by atoms with van der Waals surface area (Å²) in [5, 5.41) is 0. The molecule has 0 amide bonds. The number of ether oxygens (including phenoxy) is 2. The average molecular weight is 326 g/mol. The maximum atomic E-state index is 12.7. The van der Waals surface area contributed by atoms with Crippen LogP contribution < -0.4 is 10.6 Å². The molecule has 0 saturated carbocycles. The van der Waals surface area contributed by atoms with Crippen molar-refractivity contribution in [2.24, 2.45) is 5.73 Å². The maximum Gasteiger partial charge on any atom is 0.292 e. The highest BCUT2D eigenvalue weighted by atomic mass is 19.1. The van der Waals surface area contributed by atoms with E-state index in [1.54, 1.807) is 7.11 Å². The second-order valence-corrected chi connectivity index (χ2v) is 5.45. The predicted octanol–water partition coefficient (Wildman–Crippen LogP) is 2.45. The summed E-state index contributed by atoms with van der Waals surface area (Å²) < 4.78 is 21.8. The highest BCUT2D eigenvalue weighted by Crippen LogP contribution is 2.25. The molecular weight excluding hydrogens is 299 g/mol. The lowest BCUT2D eigenvalue weighted by Gasteiger charge is -2.29. The highest BCUT2D eigenvalue weighted by molar-refractivity contribution is 5.48. The lowest BCUT2D eigenvalue weighted by molar-refractivity contribution is -0.126. The first kappa shape index (κ1) is 19.4. The molecule has 0 bridgehead atoms. The van der Waals surface area contributed by atoms with Crippen LogP contribution in [0.4, 0.5) is 10.1 Å². The SMILES string of the molecule is COC(c1ccc(N2CCCCC2)cc1)C(N)CF.COC=O. The topological polar surface area (TPSA) is 64.8 Å². The minimum Gasteiger partial charge on any atom is -0.471 e. The first-order chi connectivity index (χ1) is 11.2. The first-order valence-corrected chi connectivity index (χ1v) is 7.83. The van der Waals surface area contributed by atoms with Crippen molar-refractivity contribution in [3.63, 3.8) is 0 Å². The summed E-state index contributed by atoms with van der Waals surface area (Å²) in [5.41, 5.74) is 7.90. The molecule has 130 valence electrons. The molecule has 1 fully saturated rings. The third-order valence-corrected chi connectivity index (χ3v) is 3.86. The molecule has 0 aromatic heterocycles. The van der Waals surface area contributed by atoms with E-state index in [9.17, 15) is 4.39 Å². The zero-order valence-corrected chi connectivity index (χ0v) is 13.9. The van der Waals surface area contributed by atoms with Crippen LogP contribution >= 0.6 is 0 Å². The van der Waals surface area contributed by atoms with E-state index in [0.29, 0.717) is 6.47 Å². The highest BCUT2D eigenvalue weighted by Gasteiger charge is 2.19. The minimum atomic E-state index is -0.606. The molecule has 0 spiro atoms. The Labute approximate surface area is 137 Å². The van der Waals surface area contributed by atoms with Gasteiger partial charge in [0.05, 0.1) is 19.3 Å². The Balaban J connectivity index is 0.000000593. The van der Waals surface area contributed by atoms with Crippen molar-refractivity contribution in [1.29, 1.82) is 0 Å². The van der Waals surface area contributed by atoms with Gasteiger partial charge in [0.1, 0.15) is 6.67 Å². The summed E-state index contributed by atoms with van der Waals surface area (Å²) >= 11 is 0. The van der Waals surface area contributed by atoms with Crippen molar-refractivity contribution in [3.8, 4) is 0 Å². The molecule has 1 saturated heterocycles. The first-order valence-electron chi connectivity index (χ1n) is 7.83. The van der Waals surface area contributed by atoms with Gasteiger partial charge in [-0.3, -0.25) is 4.79 Å². The largest absolute Gasteiger partial charge is 0.471 e. The predicted molar refractivity (Wildman–Crippen MR) is 89.3 cm³/mol. The molecule has 5 nitrogen and oxygen atoms in total. The van der Waals surface area contributed by atoms with Crippen LogP contribution in [-0.2, 0) is 14.3 Å². The van der Waals surface area contributed by atoms with E-state index in [2.05, 4.69) is 21.8 Å². The van der Waals surface area contributed by atoms with Crippen LogP contribution in [0.5, 0.6) is 0 Å². The molecule has 2 unspecified atom stereocenters. The van der Waals surface area contributed by atoms with Gasteiger partial charge in [0.15, 0.2) is 0 Å². The zero-order chi connectivity index (χ0) is 17.1. The summed E-state index contributed by atoms with van der Waals surface area (Å²) in [6, 6.07) is 7.54. The summed E-state index contributed by atoms with van der Waals surface area (Å²) in [6.07, 6.45) is 3.47. The van der Waals surface area contributed by atoms with Crippen LogP contribution in [0.2, 0.25) is 0 Å². The number of piperidine rings is 1. The number of hydrogen-bond acceptors (Lipinski definition) is 5. The fourth-order valence-electron chi connectivity index (χ4n) is 2.67. The van der Waals surface area contributed by atoms with E-state index in [0.717, 1.165) is 18.7 Å². The van der Waals surface area contributed by atoms with Crippen molar-refractivity contribution < 1.29 is 18.7 Å². The Morgan fingerprint density at radius 1 is 1.22 bits per heavy atom. The molecule has 0 radical (unpaired) electrons. The van der Waals surface area contributed by atoms with Crippen LogP contribution in [-0.4, -0.2) is 46.5 Å². The Morgan fingerprint density at radius 3 is 2.22 bits per heavy atom. The number of carbonyl (C=O) groups is 1. The van der Waals surface area contributed by atoms with E-state index in [4.69, 9.17) is 15.3 Å². The molecular formula is C17H27FN2O3. The third kappa shape index (κ3) is 6.15. The van der Waals surface area contributed by atoms with Crippen LogP contribution in [0.1, 0.15) is 30.9 Å². The Morgan fingerprint density at radius 2 is 1.78 bits per heavy atom. The van der Waals surface area contributed by atoms with Crippen molar-refractivity contribution in [2.75, 3.05) is 38.9 Å². The lowest BCUT2D eigenvalue weighted by atomic mass is 10.0. The molecule has 1 aromatic carbocycles. The minimum absolute atomic E-state index is 0.375. The van der Waals surface area contributed by atoms with Crippen LogP contribution in [0.25, 0.3) is 0 Å². The fourth-order valence-corrected chi connectivity index (χ4v) is 2.67. The monoisotopic (exact) mass is 326 g/mol. The standard InChI is InChI=1S/C15H23FN2O.C2H4O2/c1-19-15(14(17)11-16)12-5-7-13(8-6-12)18-9-3-2-4-10-18;1-4-2-3/h5-8,14-15H,2-4,9-11,17H2,1H3;2H,1H3. The summed E-state index contributed by atoms with van der Waals surface area (Å²) in [5.74, 6) is 0. The number of benzene rings is 1. The van der Waals surface area contributed by atoms with Gasteiger partial charge in [-0.2, -0.15) is 0 Å². The van der Waals surface area contributed by atoms with Crippen molar-refractivity contribution in [1.82, 2.24) is 0 Å². The van der Waals surface area contributed by atoms with Gasteiger partial charge < -0.3 is 20.1 Å². The molecule has 2 N–H and O–H groups in total. The van der Waals surface area contributed by atoms with Gasteiger partial charge >= 0.3 is 0 Å². The molecule has 2 rings (SSSR count). The van der Waals surface area contributed by atoms with Gasteiger partial charge in [0.25, 0.3) is 6.47 Å². The summed E-state index contributed by atoms with van der Waals surface area (Å²) in [6.45, 7) is 2.04. The summed E-state index contributed by atoms with van der Waals surface area (Å²) in [4.78, 5) is 11.3. The number of nitrogens with zero attached hydrogens (tertiary/aromatic N) is 1. The molecule has 2 atom stereocenters. The number of halogens is 1. The van der Waals surface area contributed by atoms with Gasteiger partial charge in [-0.15, -0.1) is 0 Å². The van der Waals surface area contributed by atoms with Crippen molar-refractivity contribution >= 4 is 12.2 Å². The van der Waals surface area contributed by atoms with Gasteiger partial charge in [0, 0.05) is 25.9 Å². The van der Waals surface area contributed by atoms with E-state index >= 15 is 0 Å². The molecule has 6 heteroatoms. The van der Waals surface area contributed by atoms with Gasteiger partial charge in [0.2, 0.25) is 0 Å². The van der Waals surface area contributed by atoms with Crippen LogP contribution in [0.15, 0.2) is 24.3 Å². The number of hydrogen-bond donors (Lipinski definition) is 1. The second-order valence-electron chi connectivity index (χ2n) is 5.45. The Hall–Kier alpha value is -1.66. The maximum absolute atomic E-state index is 12.7. The zero-order valence-electron chi connectivity index (χ0n) is 13.9. The lowest BCUT2D eigenvalue weighted by Crippen LogP contribution is -2.32. The number of methoxy groups -OCH3 is 2. The Kier molecular flexibility index (Phi) is 9.24. The third-order valence-electron chi connectivity index (χ3n) is 3.86. The number of rotatable bonds is 6. The van der Waals surface area contributed by atoms with Crippen LogP contribution in [0.3, 0.4) is 0 Å². The number of anilines is 1. The quantitative estimate of drug-likeness (QED) is 0.814. The van der Waals surface area contributed by atoms with E-state index in [1.165, 1.54) is 32.1 Å². The summed E-state index contributed by atoms with van der Waals surface area (Å²) in [7, 11) is 2.88. The van der Waals surface area contributed by atoms with Crippen molar-refractivity contribution in [2.45, 2.75) is 31.4 Å². The van der Waals surface area contributed by atoms with E-state index in [-0.39, 0.29) is 6.10 Å². The number of alkyl halides is 1. The van der Waals surface area contributed by atoms with E-state index < -0.39 is 12.7 Å². The fraction of sp³-hybridized carbons (Fsp3) is 0.588. The van der Waals surface area contributed by atoms with Crippen molar-refractivity contribution in [3.05, 3.63) is 29.8 Å². The molecule has 23 heavy (non-hydrogen) atoms. The van der Waals surface area contributed by atoms with Gasteiger partial charge in [-0.25, -0.2) is 4.39 Å². The smallest absolute Gasteiger partial charge is 0.292 e. The van der Waals surface area contributed by atoms with Gasteiger partial charge in [-0.05, 0) is 37.0 Å². The Bertz CT molecular complexity index is 436. The molecule has 1 heterocycles. The average Bonchev–Trinajstić information content (AvgIpc) is 2.63. The molecule has 0 aliphatic carbocycles. The second kappa shape index (κ2) is 11.0. The molecule has 1 aromatic rings. The number of nitrogens with two attached hydrogens (primary N) is 1. The molecule has 1 aliphatic heterocycles. The normalized spacial score (nSPS) is 16.8. The van der Waals surface area contributed by atoms with E-state index in [1.807, 2.05) is 12.1 Å². The number of carbonyl (C=O) groups excluding carboxylic acids is 1.